The Morgan fingerprint density at radius 1 is 0.708 bits per heavy atom. The van der Waals surface area contributed by atoms with E-state index in [2.05, 4.69) is 86.1 Å². The van der Waals surface area contributed by atoms with Gasteiger partial charge in [0.2, 0.25) is 0 Å². The summed E-state index contributed by atoms with van der Waals surface area (Å²) in [5.74, 6) is 0.930. The van der Waals surface area contributed by atoms with Gasteiger partial charge >= 0.3 is 0 Å². The van der Waals surface area contributed by atoms with Crippen LogP contribution >= 0.6 is 15.9 Å². The maximum atomic E-state index is 4.62. The third-order valence-corrected chi connectivity index (χ3v) is 4.97. The molecule has 0 atom stereocenters. The van der Waals surface area contributed by atoms with Gasteiger partial charge in [-0.2, -0.15) is 0 Å². The number of rotatable bonds is 1. The highest BCUT2D eigenvalue weighted by atomic mass is 79.9. The normalized spacial score (nSPS) is 11.5. The van der Waals surface area contributed by atoms with Crippen LogP contribution in [0.3, 0.4) is 0 Å². The molecule has 5 aromatic rings. The number of halogens is 1. The topological polar surface area (TPSA) is 17.8 Å². The van der Waals surface area contributed by atoms with Crippen LogP contribution < -0.4 is 0 Å². The second-order valence-electron chi connectivity index (χ2n) is 5.87. The molecule has 0 saturated heterocycles. The molecule has 3 heteroatoms. The van der Waals surface area contributed by atoms with E-state index in [-0.39, 0.29) is 0 Å². The number of hydrogen-bond acceptors (Lipinski definition) is 1. The first kappa shape index (κ1) is 13.8. The van der Waals surface area contributed by atoms with Gasteiger partial charge in [0.1, 0.15) is 5.82 Å². The number of pyridine rings is 1. The highest BCUT2D eigenvalue weighted by Crippen LogP contribution is 2.36. The Hall–Kier alpha value is -2.65. The zero-order valence-electron chi connectivity index (χ0n) is 12.8. The van der Waals surface area contributed by atoms with Crippen LogP contribution in [-0.4, -0.2) is 9.55 Å². The molecule has 0 aliphatic carbocycles. The highest BCUT2D eigenvalue weighted by Gasteiger charge is 2.14. The van der Waals surface area contributed by atoms with Gasteiger partial charge in [0.05, 0.1) is 11.0 Å². The minimum atomic E-state index is 0.930. The summed E-state index contributed by atoms with van der Waals surface area (Å²) in [5, 5.41) is 5.08. The average Bonchev–Trinajstić information content (AvgIpc) is 2.97. The summed E-state index contributed by atoms with van der Waals surface area (Å²) in [6.45, 7) is 0. The number of nitrogens with zero attached hydrogens (tertiary/aromatic N) is 2. The van der Waals surface area contributed by atoms with Crippen molar-refractivity contribution < 1.29 is 0 Å². The smallest absolute Gasteiger partial charge is 0.137 e. The van der Waals surface area contributed by atoms with Gasteiger partial charge in [0.25, 0.3) is 0 Å². The lowest BCUT2D eigenvalue weighted by Gasteiger charge is -2.07. The second kappa shape index (κ2) is 5.18. The molecular formula is C21H13BrN2. The highest BCUT2D eigenvalue weighted by molar-refractivity contribution is 9.10. The summed E-state index contributed by atoms with van der Waals surface area (Å²) in [6.07, 6.45) is 1.84. The van der Waals surface area contributed by atoms with Crippen molar-refractivity contribution in [3.8, 4) is 5.82 Å². The third kappa shape index (κ3) is 1.91. The molecular weight excluding hydrogens is 360 g/mol. The van der Waals surface area contributed by atoms with E-state index in [0.29, 0.717) is 0 Å². The lowest BCUT2D eigenvalue weighted by atomic mass is 10.0. The van der Waals surface area contributed by atoms with E-state index in [1.807, 2.05) is 18.3 Å². The first-order valence-corrected chi connectivity index (χ1v) is 8.65. The monoisotopic (exact) mass is 372 g/mol. The summed E-state index contributed by atoms with van der Waals surface area (Å²) < 4.78 is 3.22. The SMILES string of the molecule is Brc1ccc(-n2c3ccccc3c3c4ccccc4ccc32)nc1. The summed E-state index contributed by atoms with van der Waals surface area (Å²) in [7, 11) is 0. The number of hydrogen-bond donors (Lipinski definition) is 0. The number of benzene rings is 3. The standard InChI is InChI=1S/C21H13BrN2/c22-15-10-12-20(23-13-15)24-18-8-4-3-7-17(18)21-16-6-2-1-5-14(16)9-11-19(21)24/h1-13H. The van der Waals surface area contributed by atoms with E-state index in [0.717, 1.165) is 10.3 Å². The van der Waals surface area contributed by atoms with Gasteiger partial charge in [-0.15, -0.1) is 0 Å². The van der Waals surface area contributed by atoms with Crippen molar-refractivity contribution in [2.45, 2.75) is 0 Å². The first-order valence-electron chi connectivity index (χ1n) is 7.86. The zero-order chi connectivity index (χ0) is 16.1. The van der Waals surface area contributed by atoms with Crippen LogP contribution in [0.2, 0.25) is 0 Å². The molecule has 5 rings (SSSR count). The van der Waals surface area contributed by atoms with Gasteiger partial charge in [-0.3, -0.25) is 4.57 Å². The first-order chi connectivity index (χ1) is 11.8. The Labute approximate surface area is 147 Å². The molecule has 3 aromatic carbocycles. The van der Waals surface area contributed by atoms with Gasteiger partial charge < -0.3 is 0 Å². The lowest BCUT2D eigenvalue weighted by molar-refractivity contribution is 1.08. The van der Waals surface area contributed by atoms with E-state index in [1.54, 1.807) is 0 Å². The van der Waals surface area contributed by atoms with Gasteiger partial charge in [-0.05, 0) is 51.0 Å². The molecule has 2 heterocycles. The largest absolute Gasteiger partial charge is 0.294 e. The van der Waals surface area contributed by atoms with Gasteiger partial charge in [0.15, 0.2) is 0 Å². The molecule has 0 aliphatic rings. The quantitative estimate of drug-likeness (QED) is 0.347. The van der Waals surface area contributed by atoms with Crippen molar-refractivity contribution >= 4 is 48.5 Å². The van der Waals surface area contributed by atoms with E-state index < -0.39 is 0 Å². The van der Waals surface area contributed by atoms with Gasteiger partial charge in [-0.1, -0.05) is 48.5 Å². The van der Waals surface area contributed by atoms with Crippen molar-refractivity contribution in [1.29, 1.82) is 0 Å². The predicted octanol–water partition coefficient (Wildman–Crippen LogP) is 6.09. The molecule has 0 bridgehead atoms. The minimum Gasteiger partial charge on any atom is -0.294 e. The lowest BCUT2D eigenvalue weighted by Crippen LogP contribution is -1.96. The average molecular weight is 373 g/mol. The summed E-state index contributed by atoms with van der Waals surface area (Å²) in [4.78, 5) is 4.62. The van der Waals surface area contributed by atoms with Gasteiger partial charge in [0, 0.05) is 21.4 Å². The van der Waals surface area contributed by atoms with Crippen LogP contribution in [0.4, 0.5) is 0 Å². The van der Waals surface area contributed by atoms with Crippen LogP contribution in [0.25, 0.3) is 38.4 Å². The Bertz CT molecular complexity index is 1200. The minimum absolute atomic E-state index is 0.930. The molecule has 2 nitrogen and oxygen atoms in total. The molecule has 0 fully saturated rings. The molecule has 24 heavy (non-hydrogen) atoms. The summed E-state index contributed by atoms with van der Waals surface area (Å²) in [5.41, 5.74) is 2.36. The van der Waals surface area contributed by atoms with Crippen LogP contribution in [0, 0.1) is 0 Å². The van der Waals surface area contributed by atoms with Crippen molar-refractivity contribution in [2.24, 2.45) is 0 Å². The van der Waals surface area contributed by atoms with Crippen molar-refractivity contribution in [1.82, 2.24) is 9.55 Å². The number of para-hydroxylation sites is 1. The number of aromatic nitrogens is 2. The van der Waals surface area contributed by atoms with Crippen molar-refractivity contribution in [2.75, 3.05) is 0 Å². The van der Waals surface area contributed by atoms with E-state index >= 15 is 0 Å². The fourth-order valence-electron chi connectivity index (χ4n) is 3.49. The Balaban J connectivity index is 2.02. The molecule has 0 amide bonds. The molecule has 0 aliphatic heterocycles. The number of fused-ring (bicyclic) bond motifs is 5. The fourth-order valence-corrected chi connectivity index (χ4v) is 3.72. The molecule has 0 spiro atoms. The van der Waals surface area contributed by atoms with E-state index in [9.17, 15) is 0 Å². The Kier molecular flexibility index (Phi) is 2.97. The fraction of sp³-hybridized carbons (Fsp3) is 0. The predicted molar refractivity (Wildman–Crippen MR) is 104 cm³/mol. The third-order valence-electron chi connectivity index (χ3n) is 4.50. The van der Waals surface area contributed by atoms with Crippen LogP contribution in [-0.2, 0) is 0 Å². The molecule has 0 saturated carbocycles. The van der Waals surface area contributed by atoms with Gasteiger partial charge in [-0.25, -0.2) is 4.98 Å². The Morgan fingerprint density at radius 3 is 2.33 bits per heavy atom. The molecule has 0 unspecified atom stereocenters. The van der Waals surface area contributed by atoms with E-state index in [4.69, 9.17) is 0 Å². The molecule has 114 valence electrons. The summed E-state index contributed by atoms with van der Waals surface area (Å²) >= 11 is 3.47. The van der Waals surface area contributed by atoms with Crippen molar-refractivity contribution in [3.63, 3.8) is 0 Å². The van der Waals surface area contributed by atoms with Crippen LogP contribution in [0.5, 0.6) is 0 Å². The van der Waals surface area contributed by atoms with E-state index in [1.165, 1.54) is 32.6 Å². The molecule has 0 radical (unpaired) electrons. The molecule has 2 aromatic heterocycles. The molecule has 0 N–H and O–H groups in total. The Morgan fingerprint density at radius 2 is 1.50 bits per heavy atom. The van der Waals surface area contributed by atoms with Crippen molar-refractivity contribution in [3.05, 3.63) is 83.5 Å². The van der Waals surface area contributed by atoms with Crippen LogP contribution in [0.15, 0.2) is 83.5 Å². The maximum absolute atomic E-state index is 4.62. The maximum Gasteiger partial charge on any atom is 0.137 e. The summed E-state index contributed by atoms with van der Waals surface area (Å²) in [6, 6.07) is 25.6. The second-order valence-corrected chi connectivity index (χ2v) is 6.78. The van der Waals surface area contributed by atoms with Crippen LogP contribution in [0.1, 0.15) is 0 Å². The zero-order valence-corrected chi connectivity index (χ0v) is 14.4.